The Kier molecular flexibility index (Phi) is 6.39. The summed E-state index contributed by atoms with van der Waals surface area (Å²) in [5.41, 5.74) is 0.800. The van der Waals surface area contributed by atoms with Crippen molar-refractivity contribution in [3.05, 3.63) is 28.7 Å². The van der Waals surface area contributed by atoms with Crippen molar-refractivity contribution in [1.29, 1.82) is 0 Å². The summed E-state index contributed by atoms with van der Waals surface area (Å²) in [6.07, 6.45) is 1.58. The quantitative estimate of drug-likeness (QED) is 0.767. The minimum atomic E-state index is -0.0964. The van der Waals surface area contributed by atoms with E-state index in [9.17, 15) is 9.59 Å². The SMILES string of the molecule is CCOC(=O)C1CC[NH+](CC(=O)Nc2ccc(Br)cc2)CC1. The number of carbonyl (C=O) groups is 2. The van der Waals surface area contributed by atoms with Gasteiger partial charge in [0, 0.05) is 23.0 Å². The van der Waals surface area contributed by atoms with Crippen LogP contribution in [0.25, 0.3) is 0 Å². The third-order valence-corrected chi connectivity index (χ3v) is 4.38. The van der Waals surface area contributed by atoms with Crippen molar-refractivity contribution >= 4 is 33.5 Å². The van der Waals surface area contributed by atoms with Crippen LogP contribution in [0.3, 0.4) is 0 Å². The number of quaternary nitrogens is 1. The number of likely N-dealkylation sites (tertiary alicyclic amines) is 1. The van der Waals surface area contributed by atoms with Crippen molar-refractivity contribution in [2.75, 3.05) is 31.6 Å². The fourth-order valence-corrected chi connectivity index (χ4v) is 2.93. The molecule has 1 amide bonds. The molecule has 1 heterocycles. The number of nitrogens with one attached hydrogen (secondary N) is 2. The standard InChI is InChI=1S/C16H21BrN2O3/c1-2-22-16(21)12-7-9-19(10-8-12)11-15(20)18-14-5-3-13(17)4-6-14/h3-6,12H,2,7-11H2,1H3,(H,18,20)/p+1. The number of benzene rings is 1. The molecular weight excluding hydrogens is 348 g/mol. The van der Waals surface area contributed by atoms with Gasteiger partial charge < -0.3 is 15.0 Å². The average molecular weight is 370 g/mol. The topological polar surface area (TPSA) is 59.8 Å². The highest BCUT2D eigenvalue weighted by atomic mass is 79.9. The smallest absolute Gasteiger partial charge is 0.309 e. The van der Waals surface area contributed by atoms with E-state index in [1.165, 1.54) is 4.90 Å². The molecule has 1 saturated heterocycles. The van der Waals surface area contributed by atoms with E-state index in [1.807, 2.05) is 31.2 Å². The number of amides is 1. The normalized spacial score (nSPS) is 21.2. The van der Waals surface area contributed by atoms with Crippen LogP contribution >= 0.6 is 15.9 Å². The van der Waals surface area contributed by atoms with Crippen LogP contribution in [0.15, 0.2) is 28.7 Å². The lowest BCUT2D eigenvalue weighted by molar-refractivity contribution is -0.897. The van der Waals surface area contributed by atoms with Crippen LogP contribution in [0, 0.1) is 5.92 Å². The Labute approximate surface area is 139 Å². The highest BCUT2D eigenvalue weighted by Crippen LogP contribution is 2.14. The number of rotatable bonds is 5. The summed E-state index contributed by atoms with van der Waals surface area (Å²) in [4.78, 5) is 24.9. The Hall–Kier alpha value is -1.40. The fraction of sp³-hybridized carbons (Fsp3) is 0.500. The van der Waals surface area contributed by atoms with Crippen molar-refractivity contribution in [1.82, 2.24) is 0 Å². The van der Waals surface area contributed by atoms with Gasteiger partial charge in [-0.15, -0.1) is 0 Å². The molecule has 1 aromatic rings. The van der Waals surface area contributed by atoms with Gasteiger partial charge >= 0.3 is 5.97 Å². The molecule has 1 aromatic carbocycles. The minimum absolute atomic E-state index is 0.00163. The molecule has 0 aliphatic carbocycles. The highest BCUT2D eigenvalue weighted by Gasteiger charge is 2.29. The Bertz CT molecular complexity index is 511. The summed E-state index contributed by atoms with van der Waals surface area (Å²) in [5, 5.41) is 2.90. The summed E-state index contributed by atoms with van der Waals surface area (Å²) in [6, 6.07) is 7.52. The minimum Gasteiger partial charge on any atom is -0.466 e. The van der Waals surface area contributed by atoms with Gasteiger partial charge in [0.2, 0.25) is 0 Å². The first kappa shape index (κ1) is 17.0. The molecule has 120 valence electrons. The van der Waals surface area contributed by atoms with Crippen LogP contribution in [0.4, 0.5) is 5.69 Å². The summed E-state index contributed by atoms with van der Waals surface area (Å²) in [7, 11) is 0. The summed E-state index contributed by atoms with van der Waals surface area (Å²) in [5.74, 6) is -0.0917. The van der Waals surface area contributed by atoms with E-state index in [0.29, 0.717) is 13.2 Å². The van der Waals surface area contributed by atoms with Gasteiger partial charge in [-0.3, -0.25) is 9.59 Å². The molecule has 0 saturated carbocycles. The molecule has 1 aliphatic rings. The van der Waals surface area contributed by atoms with Crippen molar-refractivity contribution in [3.63, 3.8) is 0 Å². The molecule has 2 N–H and O–H groups in total. The molecule has 0 aromatic heterocycles. The third kappa shape index (κ3) is 5.10. The third-order valence-electron chi connectivity index (χ3n) is 3.85. The lowest BCUT2D eigenvalue weighted by Crippen LogP contribution is -3.14. The molecule has 0 spiro atoms. The van der Waals surface area contributed by atoms with Crippen LogP contribution in [0.5, 0.6) is 0 Å². The van der Waals surface area contributed by atoms with Crippen LogP contribution in [0.2, 0.25) is 0 Å². The maximum Gasteiger partial charge on any atom is 0.309 e. The summed E-state index contributed by atoms with van der Waals surface area (Å²) >= 11 is 3.37. The number of carbonyl (C=O) groups excluding carboxylic acids is 2. The van der Waals surface area contributed by atoms with Crippen molar-refractivity contribution in [3.8, 4) is 0 Å². The van der Waals surface area contributed by atoms with E-state index in [4.69, 9.17) is 4.74 Å². The first-order valence-electron chi connectivity index (χ1n) is 7.64. The first-order valence-corrected chi connectivity index (χ1v) is 8.43. The van der Waals surface area contributed by atoms with Gasteiger partial charge in [0.05, 0.1) is 25.6 Å². The predicted octanol–water partition coefficient (Wildman–Crippen LogP) is 1.25. The summed E-state index contributed by atoms with van der Waals surface area (Å²) < 4.78 is 6.04. The second-order valence-electron chi connectivity index (χ2n) is 5.51. The van der Waals surface area contributed by atoms with E-state index < -0.39 is 0 Å². The van der Waals surface area contributed by atoms with E-state index in [-0.39, 0.29) is 17.8 Å². The van der Waals surface area contributed by atoms with Crippen LogP contribution in [0.1, 0.15) is 19.8 Å². The maximum atomic E-state index is 12.0. The molecule has 0 atom stereocenters. The van der Waals surface area contributed by atoms with Gasteiger partial charge in [-0.1, -0.05) is 15.9 Å². The zero-order valence-corrected chi connectivity index (χ0v) is 14.3. The maximum absolute atomic E-state index is 12.0. The lowest BCUT2D eigenvalue weighted by atomic mass is 9.97. The van der Waals surface area contributed by atoms with Gasteiger partial charge in [-0.25, -0.2) is 0 Å². The lowest BCUT2D eigenvalue weighted by Gasteiger charge is -2.27. The number of hydrogen-bond donors (Lipinski definition) is 2. The zero-order chi connectivity index (χ0) is 15.9. The molecule has 2 rings (SSSR count). The van der Waals surface area contributed by atoms with E-state index in [2.05, 4.69) is 21.2 Å². The number of piperidine rings is 1. The molecular formula is C16H22BrN2O3+. The van der Waals surface area contributed by atoms with Crippen molar-refractivity contribution in [2.24, 2.45) is 5.92 Å². The van der Waals surface area contributed by atoms with Gasteiger partial charge in [0.25, 0.3) is 5.91 Å². The van der Waals surface area contributed by atoms with Crippen molar-refractivity contribution in [2.45, 2.75) is 19.8 Å². The van der Waals surface area contributed by atoms with Gasteiger partial charge in [-0.2, -0.15) is 0 Å². The van der Waals surface area contributed by atoms with Crippen LogP contribution < -0.4 is 10.2 Å². The van der Waals surface area contributed by atoms with Gasteiger partial charge in [-0.05, 0) is 31.2 Å². The fourth-order valence-electron chi connectivity index (χ4n) is 2.66. The molecule has 0 radical (unpaired) electrons. The molecule has 22 heavy (non-hydrogen) atoms. The number of halogens is 1. The largest absolute Gasteiger partial charge is 0.466 e. The zero-order valence-electron chi connectivity index (χ0n) is 12.7. The number of hydrogen-bond acceptors (Lipinski definition) is 3. The van der Waals surface area contributed by atoms with Gasteiger partial charge in [0.15, 0.2) is 6.54 Å². The Morgan fingerprint density at radius 1 is 1.27 bits per heavy atom. The first-order chi connectivity index (χ1) is 10.6. The Morgan fingerprint density at radius 2 is 1.91 bits per heavy atom. The number of esters is 1. The van der Waals surface area contributed by atoms with E-state index in [0.717, 1.165) is 36.1 Å². The molecule has 0 unspecified atom stereocenters. The average Bonchev–Trinajstić information content (AvgIpc) is 2.50. The van der Waals surface area contributed by atoms with Gasteiger partial charge in [0.1, 0.15) is 0 Å². The number of ether oxygens (including phenoxy) is 1. The summed E-state index contributed by atoms with van der Waals surface area (Å²) in [6.45, 7) is 4.35. The Morgan fingerprint density at radius 3 is 2.50 bits per heavy atom. The highest BCUT2D eigenvalue weighted by molar-refractivity contribution is 9.10. The second kappa shape index (κ2) is 8.29. The molecule has 6 heteroatoms. The van der Waals surface area contributed by atoms with E-state index in [1.54, 1.807) is 0 Å². The molecule has 0 bridgehead atoms. The predicted molar refractivity (Wildman–Crippen MR) is 87.7 cm³/mol. The molecule has 5 nitrogen and oxygen atoms in total. The Balaban J connectivity index is 1.74. The van der Waals surface area contributed by atoms with Crippen molar-refractivity contribution < 1.29 is 19.2 Å². The molecule has 1 fully saturated rings. The van der Waals surface area contributed by atoms with E-state index >= 15 is 0 Å². The monoisotopic (exact) mass is 369 g/mol. The second-order valence-corrected chi connectivity index (χ2v) is 6.42. The molecule has 1 aliphatic heterocycles. The van der Waals surface area contributed by atoms with Crippen LogP contribution in [-0.2, 0) is 14.3 Å². The van der Waals surface area contributed by atoms with Crippen LogP contribution in [-0.4, -0.2) is 38.1 Å². The number of anilines is 1.